The van der Waals surface area contributed by atoms with Crippen molar-refractivity contribution in [2.45, 2.75) is 26.2 Å². The summed E-state index contributed by atoms with van der Waals surface area (Å²) in [6, 6.07) is 39.3. The van der Waals surface area contributed by atoms with Crippen LogP contribution in [0.4, 0.5) is 0 Å². The van der Waals surface area contributed by atoms with Gasteiger partial charge in [0, 0.05) is 11.1 Å². The molecule has 2 heterocycles. The van der Waals surface area contributed by atoms with E-state index in [0.717, 1.165) is 26.2 Å². The number of halogens is 2. The van der Waals surface area contributed by atoms with E-state index in [1.165, 1.54) is 54.2 Å². The maximum atomic E-state index is 5.91. The summed E-state index contributed by atoms with van der Waals surface area (Å²) in [5, 5.41) is 10.4. The van der Waals surface area contributed by atoms with E-state index in [1.807, 2.05) is 0 Å². The fourth-order valence-corrected chi connectivity index (χ4v) is 6.91. The summed E-state index contributed by atoms with van der Waals surface area (Å²) in [7, 11) is 0. The minimum Gasteiger partial charge on any atom is -1.00 e. The molecule has 0 aliphatic carbocycles. The molecule has 0 N–H and O–H groups in total. The van der Waals surface area contributed by atoms with Crippen LogP contribution in [0.2, 0.25) is 0 Å². The van der Waals surface area contributed by atoms with Crippen LogP contribution in [-0.4, -0.2) is 35.6 Å². The number of imidazole rings is 2. The number of ether oxygens (including phenoxy) is 2. The zero-order chi connectivity index (χ0) is 32.1. The van der Waals surface area contributed by atoms with Crippen LogP contribution in [0.1, 0.15) is 11.1 Å². The molecule has 6 nitrogen and oxygen atoms in total. The average molecular weight is 887 g/mol. The molecule has 0 bridgehead atoms. The first-order valence-corrected chi connectivity index (χ1v) is 16.8. The summed E-state index contributed by atoms with van der Waals surface area (Å²) in [4.78, 5) is 0. The Balaban J connectivity index is 0.00000216. The van der Waals surface area contributed by atoms with E-state index in [2.05, 4.69) is 165 Å². The Morgan fingerprint density at radius 2 is 0.780 bits per heavy atom. The van der Waals surface area contributed by atoms with E-state index in [1.54, 1.807) is 0 Å². The van der Waals surface area contributed by atoms with E-state index >= 15 is 0 Å². The van der Waals surface area contributed by atoms with Crippen molar-refractivity contribution in [1.29, 1.82) is 0 Å². The minimum absolute atomic E-state index is 0. The van der Waals surface area contributed by atoms with Crippen LogP contribution in [0.15, 0.2) is 147 Å². The molecule has 0 radical (unpaired) electrons. The Morgan fingerprint density at radius 1 is 0.440 bits per heavy atom. The van der Waals surface area contributed by atoms with Crippen molar-refractivity contribution in [3.05, 3.63) is 158 Å². The molecule has 0 amide bonds. The quantitative estimate of drug-likeness (QED) is 0.0760. The van der Waals surface area contributed by atoms with Crippen molar-refractivity contribution in [3.63, 3.8) is 0 Å². The van der Waals surface area contributed by atoms with Gasteiger partial charge in [0.05, 0.1) is 26.4 Å². The largest absolute Gasteiger partial charge is 1.00 e. The monoisotopic (exact) mass is 886 g/mol. The van der Waals surface area contributed by atoms with Crippen molar-refractivity contribution in [1.82, 2.24) is 9.13 Å². The molecule has 254 valence electrons. The number of rotatable bonds is 13. The summed E-state index contributed by atoms with van der Waals surface area (Å²) >= 11 is 0. The molecule has 0 saturated carbocycles. The summed E-state index contributed by atoms with van der Waals surface area (Å²) in [6.45, 7) is 5.73. The first kappa shape index (κ1) is 36.0. The van der Waals surface area contributed by atoms with E-state index in [-0.39, 0.29) is 48.0 Å². The van der Waals surface area contributed by atoms with Crippen molar-refractivity contribution in [2.75, 3.05) is 26.4 Å². The number of hydrogen-bond donors (Lipinski definition) is 0. The predicted molar refractivity (Wildman–Crippen MR) is 192 cm³/mol. The van der Waals surface area contributed by atoms with Gasteiger partial charge < -0.3 is 57.4 Å². The van der Waals surface area contributed by atoms with Gasteiger partial charge in [0.1, 0.15) is 51.0 Å². The summed E-state index contributed by atoms with van der Waals surface area (Å²) in [5.74, 6) is 0. The van der Waals surface area contributed by atoms with E-state index < -0.39 is 0 Å². The van der Waals surface area contributed by atoms with Gasteiger partial charge in [-0.1, -0.05) is 97.1 Å². The lowest BCUT2D eigenvalue weighted by atomic mass is 9.97. The van der Waals surface area contributed by atoms with Crippen LogP contribution in [-0.2, 0) is 35.7 Å². The van der Waals surface area contributed by atoms with Crippen molar-refractivity contribution >= 4 is 43.1 Å². The number of benzene rings is 6. The third-order valence-electron chi connectivity index (χ3n) is 9.30. The second-order valence-electron chi connectivity index (χ2n) is 12.5. The summed E-state index contributed by atoms with van der Waals surface area (Å²) in [5.41, 5.74) is 2.71. The fraction of sp³-hybridized carbons (Fsp3) is 0.190. The third-order valence-corrected chi connectivity index (χ3v) is 9.30. The van der Waals surface area contributed by atoms with Crippen LogP contribution < -0.4 is 57.1 Å². The Hall–Kier alpha value is -3.84. The molecule has 50 heavy (non-hydrogen) atoms. The second-order valence-corrected chi connectivity index (χ2v) is 12.5. The zero-order valence-electron chi connectivity index (χ0n) is 27.9. The SMILES string of the molecule is [I-].[I-].c1ccc2c(C[n+]3ccn(CCOCCOCCn4cc[n+](Cc5c6ccccc6cc6ccccc56)c4)c3)c3ccccc3cc2c1. The molecule has 2 aromatic heterocycles. The number of fused-ring (bicyclic) bond motifs is 4. The molecule has 0 aliphatic heterocycles. The topological polar surface area (TPSA) is 36.1 Å². The van der Waals surface area contributed by atoms with Crippen LogP contribution in [0.5, 0.6) is 0 Å². The summed E-state index contributed by atoms with van der Waals surface area (Å²) in [6.07, 6.45) is 12.9. The van der Waals surface area contributed by atoms with Crippen LogP contribution >= 0.6 is 0 Å². The average Bonchev–Trinajstić information content (AvgIpc) is 3.78. The lowest BCUT2D eigenvalue weighted by Crippen LogP contribution is -3.00. The molecular formula is C42H40I2N4O2. The van der Waals surface area contributed by atoms with Crippen LogP contribution in [0, 0.1) is 0 Å². The first-order chi connectivity index (χ1) is 23.8. The lowest BCUT2D eigenvalue weighted by molar-refractivity contribution is -0.687. The molecule has 0 atom stereocenters. The van der Waals surface area contributed by atoms with E-state index in [9.17, 15) is 0 Å². The van der Waals surface area contributed by atoms with Gasteiger partial charge in [0.25, 0.3) is 0 Å². The molecule has 8 aromatic rings. The molecule has 6 aromatic carbocycles. The molecule has 8 rings (SSSR count). The first-order valence-electron chi connectivity index (χ1n) is 16.8. The smallest absolute Gasteiger partial charge is 0.244 e. The van der Waals surface area contributed by atoms with Gasteiger partial charge in [0.2, 0.25) is 12.7 Å². The molecule has 8 heteroatoms. The third kappa shape index (κ3) is 8.04. The normalized spacial score (nSPS) is 11.3. The molecule has 0 saturated heterocycles. The van der Waals surface area contributed by atoms with Gasteiger partial charge in [-0.15, -0.1) is 0 Å². The highest BCUT2D eigenvalue weighted by Gasteiger charge is 2.13. The highest BCUT2D eigenvalue weighted by atomic mass is 127. The molecule has 0 aliphatic rings. The number of hydrogen-bond acceptors (Lipinski definition) is 2. The van der Waals surface area contributed by atoms with Gasteiger partial charge in [-0.25, -0.2) is 18.3 Å². The summed E-state index contributed by atoms with van der Waals surface area (Å²) < 4.78 is 20.7. The Morgan fingerprint density at radius 3 is 1.14 bits per heavy atom. The van der Waals surface area contributed by atoms with Crippen molar-refractivity contribution < 1.29 is 66.6 Å². The molecule has 0 fully saturated rings. The van der Waals surface area contributed by atoms with Gasteiger partial charge in [-0.3, -0.25) is 0 Å². The second kappa shape index (κ2) is 16.9. The van der Waals surface area contributed by atoms with Gasteiger partial charge >= 0.3 is 0 Å². The van der Waals surface area contributed by atoms with Crippen LogP contribution in [0.25, 0.3) is 43.1 Å². The fourth-order valence-electron chi connectivity index (χ4n) is 6.91. The number of nitrogens with zero attached hydrogens (tertiary/aromatic N) is 4. The molecular weight excluding hydrogens is 846 g/mol. The Kier molecular flexibility index (Phi) is 12.2. The van der Waals surface area contributed by atoms with Crippen molar-refractivity contribution in [2.24, 2.45) is 0 Å². The standard InChI is InChI=1S/C42H40N4O2.2HI/c1-5-13-37-33(9-1)27-34-10-2-6-14-38(34)41(37)29-45-19-17-43(31-45)21-23-47-25-26-48-24-22-44-18-20-46(32-44)30-42-39-15-7-3-11-35(39)28-36-12-4-8-16-40(36)42;;/h1-20,27-28,31-32H,21-26,29-30H2;2*1H/q+2;;/p-2. The van der Waals surface area contributed by atoms with E-state index in [4.69, 9.17) is 9.47 Å². The Bertz CT molecular complexity index is 2080. The zero-order valence-corrected chi connectivity index (χ0v) is 32.2. The number of aromatic nitrogens is 4. The van der Waals surface area contributed by atoms with Gasteiger partial charge in [-0.2, -0.15) is 0 Å². The van der Waals surface area contributed by atoms with Gasteiger partial charge in [-0.05, 0) is 55.2 Å². The molecule has 0 spiro atoms. The van der Waals surface area contributed by atoms with E-state index in [0.29, 0.717) is 26.4 Å². The van der Waals surface area contributed by atoms with Crippen molar-refractivity contribution in [3.8, 4) is 0 Å². The maximum Gasteiger partial charge on any atom is 0.244 e. The highest BCUT2D eigenvalue weighted by Crippen LogP contribution is 2.29. The minimum atomic E-state index is 0. The predicted octanol–water partition coefficient (Wildman–Crippen LogP) is 1.32. The molecule has 0 unspecified atom stereocenters. The Labute approximate surface area is 326 Å². The van der Waals surface area contributed by atoms with Gasteiger partial charge in [0.15, 0.2) is 0 Å². The maximum absolute atomic E-state index is 5.91. The van der Waals surface area contributed by atoms with Crippen LogP contribution in [0.3, 0.4) is 0 Å². The lowest BCUT2D eigenvalue weighted by Gasteiger charge is -2.10. The highest BCUT2D eigenvalue weighted by molar-refractivity contribution is 6.03.